The van der Waals surface area contributed by atoms with Crippen molar-refractivity contribution < 1.29 is 0 Å². The predicted octanol–water partition coefficient (Wildman–Crippen LogP) is 2.19. The number of hydrogen-bond acceptors (Lipinski definition) is 3. The maximum Gasteiger partial charge on any atom is 0.202 e. The highest BCUT2D eigenvalue weighted by atomic mass is 15.2. The summed E-state index contributed by atoms with van der Waals surface area (Å²) >= 11 is 0. The second-order valence-electron chi connectivity index (χ2n) is 5.15. The number of anilines is 1. The van der Waals surface area contributed by atoms with Gasteiger partial charge in [-0.05, 0) is 52.7 Å². The third-order valence-corrected chi connectivity index (χ3v) is 3.21. The zero-order chi connectivity index (χ0) is 12.1. The van der Waals surface area contributed by atoms with Crippen LogP contribution in [0.4, 0.5) is 5.95 Å². The van der Waals surface area contributed by atoms with Crippen LogP contribution in [0.5, 0.6) is 0 Å². The largest absolute Gasteiger partial charge is 0.353 e. The maximum absolute atomic E-state index is 4.35. The summed E-state index contributed by atoms with van der Waals surface area (Å²) in [5, 5.41) is 3.37. The lowest BCUT2D eigenvalue weighted by atomic mass is 10.4. The van der Waals surface area contributed by atoms with Crippen LogP contribution in [0.25, 0.3) is 0 Å². The minimum atomic E-state index is 0.440. The number of imidazole rings is 1. The van der Waals surface area contributed by atoms with Crippen LogP contribution in [0.15, 0.2) is 12.4 Å². The van der Waals surface area contributed by atoms with E-state index in [4.69, 9.17) is 0 Å². The Hall–Kier alpha value is -1.03. The summed E-state index contributed by atoms with van der Waals surface area (Å²) in [6, 6.07) is 0.440. The Kier molecular flexibility index (Phi) is 4.42. The highest BCUT2D eigenvalue weighted by molar-refractivity contribution is 5.26. The summed E-state index contributed by atoms with van der Waals surface area (Å²) < 4.78 is 2.22. The first-order valence-electron chi connectivity index (χ1n) is 6.76. The van der Waals surface area contributed by atoms with Crippen molar-refractivity contribution in [2.45, 2.75) is 45.7 Å². The van der Waals surface area contributed by atoms with Crippen LogP contribution < -0.4 is 5.32 Å². The molecule has 1 saturated heterocycles. The van der Waals surface area contributed by atoms with Crippen molar-refractivity contribution in [3.8, 4) is 0 Å². The SMILES string of the molecule is CC(C)Nc1nccn1CCCN1CCCC1. The summed E-state index contributed by atoms with van der Waals surface area (Å²) in [4.78, 5) is 6.91. The van der Waals surface area contributed by atoms with Crippen LogP contribution in [0.3, 0.4) is 0 Å². The number of aryl methyl sites for hydroxylation is 1. The van der Waals surface area contributed by atoms with Gasteiger partial charge < -0.3 is 14.8 Å². The fraction of sp³-hybridized carbons (Fsp3) is 0.769. The Bertz CT molecular complexity index is 326. The van der Waals surface area contributed by atoms with E-state index in [1.54, 1.807) is 0 Å². The second kappa shape index (κ2) is 6.05. The van der Waals surface area contributed by atoms with E-state index < -0.39 is 0 Å². The smallest absolute Gasteiger partial charge is 0.202 e. The molecule has 4 heteroatoms. The van der Waals surface area contributed by atoms with E-state index >= 15 is 0 Å². The monoisotopic (exact) mass is 236 g/mol. The van der Waals surface area contributed by atoms with E-state index in [0.29, 0.717) is 6.04 Å². The van der Waals surface area contributed by atoms with Gasteiger partial charge in [0.05, 0.1) is 0 Å². The molecule has 1 aromatic rings. The van der Waals surface area contributed by atoms with Gasteiger partial charge in [-0.3, -0.25) is 0 Å². The first kappa shape index (κ1) is 12.4. The van der Waals surface area contributed by atoms with Crippen LogP contribution in [-0.2, 0) is 6.54 Å². The average molecular weight is 236 g/mol. The standard InChI is InChI=1S/C13H24N4/c1-12(2)15-13-14-6-11-17(13)10-5-9-16-7-3-4-8-16/h6,11-12H,3-5,7-10H2,1-2H3,(H,14,15). The fourth-order valence-electron chi connectivity index (χ4n) is 2.36. The second-order valence-corrected chi connectivity index (χ2v) is 5.15. The summed E-state index contributed by atoms with van der Waals surface area (Å²) in [6.45, 7) is 9.15. The van der Waals surface area contributed by atoms with E-state index in [0.717, 1.165) is 12.5 Å². The maximum atomic E-state index is 4.35. The molecule has 4 nitrogen and oxygen atoms in total. The molecule has 1 aromatic heterocycles. The molecule has 0 bridgehead atoms. The number of likely N-dealkylation sites (tertiary alicyclic amines) is 1. The van der Waals surface area contributed by atoms with Crippen molar-refractivity contribution >= 4 is 5.95 Å². The molecule has 17 heavy (non-hydrogen) atoms. The predicted molar refractivity (Wildman–Crippen MR) is 71.3 cm³/mol. The number of nitrogens with one attached hydrogen (secondary N) is 1. The molecule has 0 spiro atoms. The molecule has 1 fully saturated rings. The normalized spacial score (nSPS) is 16.9. The Morgan fingerprint density at radius 3 is 2.76 bits per heavy atom. The molecule has 0 aromatic carbocycles. The van der Waals surface area contributed by atoms with E-state index in [1.165, 1.54) is 38.9 Å². The Morgan fingerprint density at radius 1 is 1.29 bits per heavy atom. The van der Waals surface area contributed by atoms with Gasteiger partial charge in [-0.25, -0.2) is 4.98 Å². The van der Waals surface area contributed by atoms with Gasteiger partial charge >= 0.3 is 0 Å². The highest BCUT2D eigenvalue weighted by Gasteiger charge is 2.11. The lowest BCUT2D eigenvalue weighted by Gasteiger charge is -2.16. The summed E-state index contributed by atoms with van der Waals surface area (Å²) in [5.74, 6) is 1.00. The summed E-state index contributed by atoms with van der Waals surface area (Å²) in [5.41, 5.74) is 0. The number of hydrogen-bond donors (Lipinski definition) is 1. The first-order chi connectivity index (χ1) is 8.25. The van der Waals surface area contributed by atoms with Gasteiger partial charge in [0.25, 0.3) is 0 Å². The van der Waals surface area contributed by atoms with E-state index in [2.05, 4.69) is 39.8 Å². The van der Waals surface area contributed by atoms with Crippen LogP contribution in [0.2, 0.25) is 0 Å². The third-order valence-electron chi connectivity index (χ3n) is 3.21. The quantitative estimate of drug-likeness (QED) is 0.822. The third kappa shape index (κ3) is 3.73. The zero-order valence-corrected chi connectivity index (χ0v) is 11.0. The van der Waals surface area contributed by atoms with Crippen LogP contribution in [0.1, 0.15) is 33.1 Å². The van der Waals surface area contributed by atoms with Gasteiger partial charge in [-0.2, -0.15) is 0 Å². The zero-order valence-electron chi connectivity index (χ0n) is 11.0. The average Bonchev–Trinajstić information content (AvgIpc) is 2.90. The van der Waals surface area contributed by atoms with Crippen molar-refractivity contribution in [2.24, 2.45) is 0 Å². The van der Waals surface area contributed by atoms with Gasteiger partial charge in [0, 0.05) is 25.0 Å². The van der Waals surface area contributed by atoms with Crippen molar-refractivity contribution in [1.29, 1.82) is 0 Å². The molecule has 0 atom stereocenters. The molecule has 1 aliphatic rings. The minimum absolute atomic E-state index is 0.440. The molecule has 0 aliphatic carbocycles. The number of rotatable bonds is 6. The van der Waals surface area contributed by atoms with Crippen molar-refractivity contribution in [3.05, 3.63) is 12.4 Å². The molecule has 0 amide bonds. The minimum Gasteiger partial charge on any atom is -0.353 e. The van der Waals surface area contributed by atoms with Crippen LogP contribution >= 0.6 is 0 Å². The van der Waals surface area contributed by atoms with Gasteiger partial charge in [0.1, 0.15) is 0 Å². The van der Waals surface area contributed by atoms with Crippen LogP contribution in [0, 0.1) is 0 Å². The van der Waals surface area contributed by atoms with E-state index in [9.17, 15) is 0 Å². The fourth-order valence-corrected chi connectivity index (χ4v) is 2.36. The lowest BCUT2D eigenvalue weighted by molar-refractivity contribution is 0.325. The van der Waals surface area contributed by atoms with Gasteiger partial charge in [0.2, 0.25) is 5.95 Å². The summed E-state index contributed by atoms with van der Waals surface area (Å²) in [6.07, 6.45) is 7.91. The molecule has 1 aliphatic heterocycles. The first-order valence-corrected chi connectivity index (χ1v) is 6.76. The Labute approximate surface area is 104 Å². The van der Waals surface area contributed by atoms with Crippen molar-refractivity contribution in [2.75, 3.05) is 25.0 Å². The van der Waals surface area contributed by atoms with Crippen molar-refractivity contribution in [3.63, 3.8) is 0 Å². The van der Waals surface area contributed by atoms with Gasteiger partial charge in [0.15, 0.2) is 0 Å². The number of aromatic nitrogens is 2. The molecule has 0 saturated carbocycles. The molecule has 96 valence electrons. The van der Waals surface area contributed by atoms with Gasteiger partial charge in [-0.1, -0.05) is 0 Å². The molecular formula is C13H24N4. The molecule has 1 N–H and O–H groups in total. The highest BCUT2D eigenvalue weighted by Crippen LogP contribution is 2.10. The topological polar surface area (TPSA) is 33.1 Å². The van der Waals surface area contributed by atoms with Gasteiger partial charge in [-0.15, -0.1) is 0 Å². The van der Waals surface area contributed by atoms with Crippen molar-refractivity contribution in [1.82, 2.24) is 14.5 Å². The molecular weight excluding hydrogens is 212 g/mol. The van der Waals surface area contributed by atoms with E-state index in [-0.39, 0.29) is 0 Å². The number of nitrogens with zero attached hydrogens (tertiary/aromatic N) is 3. The molecule has 2 rings (SSSR count). The Morgan fingerprint density at radius 2 is 2.06 bits per heavy atom. The van der Waals surface area contributed by atoms with Crippen LogP contribution in [-0.4, -0.2) is 40.1 Å². The lowest BCUT2D eigenvalue weighted by Crippen LogP contribution is -2.22. The molecule has 2 heterocycles. The summed E-state index contributed by atoms with van der Waals surface area (Å²) in [7, 11) is 0. The molecule has 0 radical (unpaired) electrons. The van der Waals surface area contributed by atoms with E-state index in [1.807, 2.05) is 6.20 Å². The molecule has 0 unspecified atom stereocenters. The Balaban J connectivity index is 1.75.